The van der Waals surface area contributed by atoms with Crippen molar-refractivity contribution in [2.24, 2.45) is 0 Å². The highest BCUT2D eigenvalue weighted by Gasteiger charge is 2.04. The molecule has 0 unspecified atom stereocenters. The molecule has 0 saturated carbocycles. The second-order valence-corrected chi connectivity index (χ2v) is 4.35. The fourth-order valence-corrected chi connectivity index (χ4v) is 1.99. The Kier molecular flexibility index (Phi) is 3.55. The highest BCUT2D eigenvalue weighted by molar-refractivity contribution is 5.27. The summed E-state index contributed by atoms with van der Waals surface area (Å²) in [5.74, 6) is -0.0691. The van der Waals surface area contributed by atoms with Crippen molar-refractivity contribution >= 4 is 0 Å². The quantitative estimate of drug-likeness (QED) is 0.705. The molecule has 0 fully saturated rings. The van der Waals surface area contributed by atoms with E-state index in [0.717, 1.165) is 36.8 Å². The lowest BCUT2D eigenvalue weighted by Gasteiger charge is -2.08. The largest absolute Gasteiger partial charge is 0.207 e. The zero-order chi connectivity index (χ0) is 11.4. The van der Waals surface area contributed by atoms with Gasteiger partial charge in [-0.05, 0) is 49.8 Å². The van der Waals surface area contributed by atoms with Gasteiger partial charge < -0.3 is 0 Å². The van der Waals surface area contributed by atoms with Crippen molar-refractivity contribution in [3.05, 3.63) is 58.9 Å². The van der Waals surface area contributed by atoms with E-state index in [4.69, 9.17) is 0 Å². The summed E-state index contributed by atoms with van der Waals surface area (Å²) in [6.45, 7) is 1.92. The lowest BCUT2D eigenvalue weighted by molar-refractivity contribution is 0.607. The summed E-state index contributed by atoms with van der Waals surface area (Å²) in [7, 11) is 0. The number of allylic oxidation sites excluding steroid dienone is 4. The number of aryl methyl sites for hydroxylation is 2. The van der Waals surface area contributed by atoms with Crippen molar-refractivity contribution in [3.63, 3.8) is 0 Å². The molecule has 0 atom stereocenters. The van der Waals surface area contributed by atoms with E-state index in [2.05, 4.69) is 18.2 Å². The molecule has 1 aliphatic rings. The topological polar surface area (TPSA) is 0 Å². The van der Waals surface area contributed by atoms with Gasteiger partial charge in [0.2, 0.25) is 0 Å². The second-order valence-electron chi connectivity index (χ2n) is 4.35. The third kappa shape index (κ3) is 2.82. The maximum absolute atomic E-state index is 13.6. The van der Waals surface area contributed by atoms with Crippen LogP contribution in [0.3, 0.4) is 0 Å². The van der Waals surface area contributed by atoms with E-state index in [1.54, 1.807) is 6.07 Å². The minimum atomic E-state index is -0.0691. The van der Waals surface area contributed by atoms with Gasteiger partial charge in [-0.15, -0.1) is 0 Å². The standard InChI is InChI=1S/C15H17F/c1-12-7-9-14(15(16)11-12)10-8-13-5-3-2-4-6-13/h3,5-7,9,11H,2,4,8,10H2,1H3. The molecular weight excluding hydrogens is 199 g/mol. The maximum Gasteiger partial charge on any atom is 0.126 e. The zero-order valence-electron chi connectivity index (χ0n) is 9.67. The molecule has 0 radical (unpaired) electrons. The van der Waals surface area contributed by atoms with Crippen LogP contribution in [0, 0.1) is 12.7 Å². The van der Waals surface area contributed by atoms with Crippen molar-refractivity contribution in [2.45, 2.75) is 32.6 Å². The van der Waals surface area contributed by atoms with E-state index in [0.29, 0.717) is 0 Å². The van der Waals surface area contributed by atoms with Crippen LogP contribution in [0.4, 0.5) is 4.39 Å². The summed E-state index contributed by atoms with van der Waals surface area (Å²) in [5, 5.41) is 0. The molecule has 0 saturated heterocycles. The Morgan fingerprint density at radius 2 is 2.06 bits per heavy atom. The molecule has 1 heteroatoms. The lowest BCUT2D eigenvalue weighted by Crippen LogP contribution is -1.94. The number of hydrogen-bond acceptors (Lipinski definition) is 0. The van der Waals surface area contributed by atoms with Crippen LogP contribution in [0.5, 0.6) is 0 Å². The highest BCUT2D eigenvalue weighted by Crippen LogP contribution is 2.18. The van der Waals surface area contributed by atoms with Crippen molar-refractivity contribution < 1.29 is 4.39 Å². The van der Waals surface area contributed by atoms with Crippen LogP contribution in [-0.4, -0.2) is 0 Å². The molecule has 0 aromatic heterocycles. The Hall–Kier alpha value is -1.37. The Balaban J connectivity index is 1.99. The number of halogens is 1. The summed E-state index contributed by atoms with van der Waals surface area (Å²) < 4.78 is 13.6. The Labute approximate surface area is 96.5 Å². The third-order valence-electron chi connectivity index (χ3n) is 2.96. The van der Waals surface area contributed by atoms with Gasteiger partial charge in [0.1, 0.15) is 5.82 Å². The SMILES string of the molecule is Cc1ccc(CCC2=CCCC=C2)c(F)c1. The van der Waals surface area contributed by atoms with E-state index in [-0.39, 0.29) is 5.82 Å². The predicted octanol–water partition coefficient (Wildman–Crippen LogP) is 4.34. The first-order valence-corrected chi connectivity index (χ1v) is 5.86. The van der Waals surface area contributed by atoms with Crippen LogP contribution in [0.25, 0.3) is 0 Å². The third-order valence-corrected chi connectivity index (χ3v) is 2.96. The average molecular weight is 216 g/mol. The summed E-state index contributed by atoms with van der Waals surface area (Å²) in [6.07, 6.45) is 10.6. The molecule has 0 aliphatic heterocycles. The summed E-state index contributed by atoms with van der Waals surface area (Å²) in [6, 6.07) is 5.49. The van der Waals surface area contributed by atoms with Gasteiger partial charge >= 0.3 is 0 Å². The van der Waals surface area contributed by atoms with Crippen molar-refractivity contribution in [1.82, 2.24) is 0 Å². The normalized spacial score (nSPS) is 15.0. The predicted molar refractivity (Wildman–Crippen MR) is 65.9 cm³/mol. The van der Waals surface area contributed by atoms with Crippen LogP contribution in [0.2, 0.25) is 0 Å². The second kappa shape index (κ2) is 5.11. The van der Waals surface area contributed by atoms with E-state index in [1.165, 1.54) is 5.57 Å². The van der Waals surface area contributed by atoms with Crippen LogP contribution < -0.4 is 0 Å². The van der Waals surface area contributed by atoms with Gasteiger partial charge in [-0.2, -0.15) is 0 Å². The Morgan fingerprint density at radius 3 is 2.75 bits per heavy atom. The van der Waals surface area contributed by atoms with Gasteiger partial charge in [-0.25, -0.2) is 4.39 Å². The fraction of sp³-hybridized carbons (Fsp3) is 0.333. The Bertz CT molecular complexity index is 427. The molecule has 0 bridgehead atoms. The fourth-order valence-electron chi connectivity index (χ4n) is 1.99. The minimum absolute atomic E-state index is 0.0691. The molecule has 16 heavy (non-hydrogen) atoms. The molecule has 2 rings (SSSR count). The van der Waals surface area contributed by atoms with Gasteiger partial charge in [0.25, 0.3) is 0 Å². The van der Waals surface area contributed by atoms with E-state index in [9.17, 15) is 4.39 Å². The zero-order valence-corrected chi connectivity index (χ0v) is 9.67. The van der Waals surface area contributed by atoms with Crippen molar-refractivity contribution in [3.8, 4) is 0 Å². The van der Waals surface area contributed by atoms with Crippen molar-refractivity contribution in [1.29, 1.82) is 0 Å². The van der Waals surface area contributed by atoms with E-state index in [1.807, 2.05) is 19.1 Å². The molecule has 1 aromatic rings. The first-order chi connectivity index (χ1) is 7.75. The van der Waals surface area contributed by atoms with Gasteiger partial charge in [0.05, 0.1) is 0 Å². The van der Waals surface area contributed by atoms with Gasteiger partial charge in [0.15, 0.2) is 0 Å². The first-order valence-electron chi connectivity index (χ1n) is 5.86. The van der Waals surface area contributed by atoms with Crippen LogP contribution >= 0.6 is 0 Å². The molecule has 0 nitrogen and oxygen atoms in total. The molecular formula is C15H17F. The summed E-state index contributed by atoms with van der Waals surface area (Å²) in [4.78, 5) is 0. The van der Waals surface area contributed by atoms with Gasteiger partial charge in [-0.1, -0.05) is 35.9 Å². The van der Waals surface area contributed by atoms with E-state index >= 15 is 0 Å². The smallest absolute Gasteiger partial charge is 0.126 e. The van der Waals surface area contributed by atoms with Crippen molar-refractivity contribution in [2.75, 3.05) is 0 Å². The molecule has 0 heterocycles. The van der Waals surface area contributed by atoms with Gasteiger partial charge in [-0.3, -0.25) is 0 Å². The number of benzene rings is 1. The molecule has 84 valence electrons. The summed E-state index contributed by atoms with van der Waals surface area (Å²) in [5.41, 5.74) is 3.15. The number of rotatable bonds is 3. The highest BCUT2D eigenvalue weighted by atomic mass is 19.1. The molecule has 1 aromatic carbocycles. The van der Waals surface area contributed by atoms with Crippen LogP contribution in [0.1, 0.15) is 30.4 Å². The monoisotopic (exact) mass is 216 g/mol. The number of hydrogen-bond donors (Lipinski definition) is 0. The van der Waals surface area contributed by atoms with Crippen LogP contribution in [-0.2, 0) is 6.42 Å². The van der Waals surface area contributed by atoms with E-state index < -0.39 is 0 Å². The van der Waals surface area contributed by atoms with Crippen LogP contribution in [0.15, 0.2) is 42.0 Å². The molecule has 0 spiro atoms. The molecule has 0 amide bonds. The molecule has 1 aliphatic carbocycles. The summed E-state index contributed by atoms with van der Waals surface area (Å²) >= 11 is 0. The van der Waals surface area contributed by atoms with Gasteiger partial charge in [0, 0.05) is 0 Å². The Morgan fingerprint density at radius 1 is 1.19 bits per heavy atom. The average Bonchev–Trinajstić information content (AvgIpc) is 2.29. The maximum atomic E-state index is 13.6. The molecule has 0 N–H and O–H groups in total. The first kappa shape index (κ1) is 11.1. The lowest BCUT2D eigenvalue weighted by atomic mass is 9.99. The minimum Gasteiger partial charge on any atom is -0.207 e.